The summed E-state index contributed by atoms with van der Waals surface area (Å²) in [7, 11) is 0. The molecule has 0 aromatic heterocycles. The maximum absolute atomic E-state index is 10.4. The number of hydrogen-bond donors (Lipinski definition) is 3. The fourth-order valence-electron chi connectivity index (χ4n) is 1.33. The maximum Gasteiger partial charge on any atom is 0.325 e. The van der Waals surface area contributed by atoms with Gasteiger partial charge in [-0.15, -0.1) is 12.4 Å². The predicted molar refractivity (Wildman–Crippen MR) is 67.9 cm³/mol. The van der Waals surface area contributed by atoms with Crippen LogP contribution in [0.1, 0.15) is 12.8 Å². The van der Waals surface area contributed by atoms with Gasteiger partial charge < -0.3 is 16.6 Å². The molecule has 0 bridgehead atoms. The molecule has 0 aromatic rings. The van der Waals surface area contributed by atoms with Gasteiger partial charge in [0.1, 0.15) is 13.2 Å². The van der Waals surface area contributed by atoms with Crippen molar-refractivity contribution in [1.29, 1.82) is 0 Å². The number of carboxylic acid groups (broad SMARTS) is 1. The van der Waals surface area contributed by atoms with Crippen LogP contribution < -0.4 is 11.5 Å². The molecule has 0 aliphatic carbocycles. The Morgan fingerprint density at radius 2 is 1.94 bits per heavy atom. The van der Waals surface area contributed by atoms with Gasteiger partial charge in [-0.25, -0.2) is 5.01 Å². The predicted octanol–water partition coefficient (Wildman–Crippen LogP) is -0.596. The van der Waals surface area contributed by atoms with Gasteiger partial charge in [-0.3, -0.25) is 14.8 Å². The van der Waals surface area contributed by atoms with Crippen molar-refractivity contribution in [2.45, 2.75) is 12.8 Å². The smallest absolute Gasteiger partial charge is 0.325 e. The summed E-state index contributed by atoms with van der Waals surface area (Å²) in [6.45, 7) is 1.58. The van der Waals surface area contributed by atoms with E-state index < -0.39 is 5.97 Å². The highest BCUT2D eigenvalue weighted by molar-refractivity contribution is 5.85. The van der Waals surface area contributed by atoms with E-state index in [9.17, 15) is 4.79 Å². The van der Waals surface area contributed by atoms with Gasteiger partial charge in [0, 0.05) is 13.1 Å². The van der Waals surface area contributed by atoms with E-state index in [0.29, 0.717) is 19.8 Å². The van der Waals surface area contributed by atoms with Crippen LogP contribution in [0, 0.1) is 0 Å². The number of aliphatic imine (C=N–C) groups is 1. The highest BCUT2D eigenvalue weighted by Gasteiger charge is 2.16. The van der Waals surface area contributed by atoms with E-state index in [1.165, 1.54) is 5.01 Å². The Morgan fingerprint density at radius 1 is 1.28 bits per heavy atom. The van der Waals surface area contributed by atoms with Crippen molar-refractivity contribution < 1.29 is 9.90 Å². The number of rotatable bonds is 7. The third kappa shape index (κ3) is 6.74. The molecule has 18 heavy (non-hydrogen) atoms. The summed E-state index contributed by atoms with van der Waals surface area (Å²) in [5, 5.41) is 19.2. The minimum atomic E-state index is -0.918. The van der Waals surface area contributed by atoms with Gasteiger partial charge in [0.15, 0.2) is 5.96 Å². The number of carbonyl (C=O) groups is 1. The van der Waals surface area contributed by atoms with Crippen LogP contribution in [0.5, 0.6) is 0 Å². The van der Waals surface area contributed by atoms with Crippen molar-refractivity contribution in [3.05, 3.63) is 0 Å². The van der Waals surface area contributed by atoms with E-state index in [1.54, 1.807) is 5.01 Å². The second-order valence-electron chi connectivity index (χ2n) is 3.62. The van der Waals surface area contributed by atoms with Crippen molar-refractivity contribution in [1.82, 2.24) is 10.0 Å². The molecule has 1 aliphatic heterocycles. The zero-order chi connectivity index (χ0) is 12.7. The maximum atomic E-state index is 10.4. The third-order valence-corrected chi connectivity index (χ3v) is 2.06. The Hall–Kier alpha value is -1.77. The van der Waals surface area contributed by atoms with Crippen LogP contribution in [-0.2, 0) is 4.79 Å². The molecule has 0 atom stereocenters. The summed E-state index contributed by atoms with van der Waals surface area (Å²) in [5.41, 5.74) is 10.4. The minimum Gasteiger partial charge on any atom is -0.480 e. The standard InChI is InChI=1S/C8H17N7O2.ClH/c9-8(10)11-3-1-2-4-14-6-15(13-12-14)5-7(16)17;/h1-6H2,(H,16,17)(H4,9,10,11);1H. The minimum absolute atomic E-state index is 0. The Bertz CT molecular complexity index is 319. The molecule has 1 rings (SSSR count). The molecule has 9 nitrogen and oxygen atoms in total. The summed E-state index contributed by atoms with van der Waals surface area (Å²) in [4.78, 5) is 14.3. The fraction of sp³-hybridized carbons (Fsp3) is 0.750. The van der Waals surface area contributed by atoms with E-state index in [2.05, 4.69) is 15.4 Å². The summed E-state index contributed by atoms with van der Waals surface area (Å²) >= 11 is 0. The van der Waals surface area contributed by atoms with Crippen molar-refractivity contribution in [3.63, 3.8) is 0 Å². The summed E-state index contributed by atoms with van der Waals surface area (Å²) < 4.78 is 0. The van der Waals surface area contributed by atoms with Crippen molar-refractivity contribution >= 4 is 24.3 Å². The summed E-state index contributed by atoms with van der Waals surface area (Å²) in [6, 6.07) is 0. The van der Waals surface area contributed by atoms with Gasteiger partial charge >= 0.3 is 5.97 Å². The summed E-state index contributed by atoms with van der Waals surface area (Å²) in [5.74, 6) is -0.822. The van der Waals surface area contributed by atoms with E-state index in [0.717, 1.165) is 12.8 Å². The van der Waals surface area contributed by atoms with Gasteiger partial charge in [-0.2, -0.15) is 0 Å². The molecule has 0 radical (unpaired) electrons. The first-order valence-corrected chi connectivity index (χ1v) is 5.26. The molecule has 1 aliphatic rings. The van der Waals surface area contributed by atoms with Crippen LogP contribution in [0.25, 0.3) is 0 Å². The van der Waals surface area contributed by atoms with E-state index in [4.69, 9.17) is 16.6 Å². The SMILES string of the molecule is Cl.NC(N)=NCCCCN1CN(CC(=O)O)N=N1. The molecular weight excluding hydrogens is 262 g/mol. The largest absolute Gasteiger partial charge is 0.480 e. The van der Waals surface area contributed by atoms with Crippen LogP contribution in [0.15, 0.2) is 15.4 Å². The molecule has 0 amide bonds. The number of hydrogen-bond acceptors (Lipinski definition) is 6. The van der Waals surface area contributed by atoms with Gasteiger partial charge in [0.25, 0.3) is 0 Å². The topological polar surface area (TPSA) is 133 Å². The van der Waals surface area contributed by atoms with E-state index in [1.807, 2.05) is 0 Å². The van der Waals surface area contributed by atoms with Crippen LogP contribution >= 0.6 is 12.4 Å². The average Bonchev–Trinajstić information content (AvgIpc) is 2.63. The lowest BCUT2D eigenvalue weighted by molar-refractivity contribution is -0.138. The molecule has 104 valence electrons. The van der Waals surface area contributed by atoms with Crippen LogP contribution in [0.3, 0.4) is 0 Å². The monoisotopic (exact) mass is 279 g/mol. The number of guanidine groups is 1. The van der Waals surface area contributed by atoms with Gasteiger partial charge in [-0.05, 0) is 12.8 Å². The molecule has 1 heterocycles. The molecule has 10 heteroatoms. The first-order chi connectivity index (χ1) is 8.08. The number of carboxylic acids is 1. The first-order valence-electron chi connectivity index (χ1n) is 5.26. The third-order valence-electron chi connectivity index (χ3n) is 2.06. The second kappa shape index (κ2) is 8.34. The van der Waals surface area contributed by atoms with Crippen LogP contribution in [-0.4, -0.2) is 53.4 Å². The van der Waals surface area contributed by atoms with Gasteiger partial charge in [-0.1, -0.05) is 10.4 Å². The van der Waals surface area contributed by atoms with Crippen molar-refractivity contribution in [2.75, 3.05) is 26.3 Å². The molecule has 0 saturated heterocycles. The van der Waals surface area contributed by atoms with E-state index in [-0.39, 0.29) is 24.9 Å². The molecule has 0 saturated carbocycles. The molecular formula is C8H18ClN7O2. The molecule has 0 spiro atoms. The first kappa shape index (κ1) is 16.2. The van der Waals surface area contributed by atoms with Crippen molar-refractivity contribution in [2.24, 2.45) is 26.9 Å². The van der Waals surface area contributed by atoms with Gasteiger partial charge in [0.2, 0.25) is 0 Å². The van der Waals surface area contributed by atoms with E-state index >= 15 is 0 Å². The second-order valence-corrected chi connectivity index (χ2v) is 3.62. The zero-order valence-corrected chi connectivity index (χ0v) is 10.7. The Balaban J connectivity index is 0.00000289. The molecule has 5 N–H and O–H groups in total. The molecule has 0 unspecified atom stereocenters. The number of nitrogens with two attached hydrogens (primary N) is 2. The fourth-order valence-corrected chi connectivity index (χ4v) is 1.33. The Kier molecular flexibility index (Phi) is 7.52. The molecule has 0 fully saturated rings. The Morgan fingerprint density at radius 3 is 2.56 bits per heavy atom. The molecule has 0 aromatic carbocycles. The summed E-state index contributed by atoms with van der Waals surface area (Å²) in [6.07, 6.45) is 1.72. The zero-order valence-electron chi connectivity index (χ0n) is 9.90. The highest BCUT2D eigenvalue weighted by Crippen LogP contribution is 2.08. The van der Waals surface area contributed by atoms with Crippen LogP contribution in [0.4, 0.5) is 0 Å². The lowest BCUT2D eigenvalue weighted by Gasteiger charge is -2.14. The van der Waals surface area contributed by atoms with Gasteiger partial charge in [0.05, 0.1) is 0 Å². The quantitative estimate of drug-likeness (QED) is 0.324. The Labute approximate surface area is 111 Å². The number of unbranched alkanes of at least 4 members (excludes halogenated alkanes) is 1. The lowest BCUT2D eigenvalue weighted by Crippen LogP contribution is -2.29. The number of halogens is 1. The van der Waals surface area contributed by atoms with Crippen molar-refractivity contribution in [3.8, 4) is 0 Å². The lowest BCUT2D eigenvalue weighted by atomic mass is 10.3. The number of aliphatic carboxylic acids is 1. The average molecular weight is 280 g/mol. The number of nitrogens with zero attached hydrogens (tertiary/aromatic N) is 5. The highest BCUT2D eigenvalue weighted by atomic mass is 35.5. The van der Waals surface area contributed by atoms with Crippen LogP contribution in [0.2, 0.25) is 0 Å². The normalized spacial score (nSPS) is 13.3.